The Bertz CT molecular complexity index is 5050. The minimum atomic E-state index is -0.264. The molecule has 4 heterocycles. The maximum absolute atomic E-state index is 6.74. The van der Waals surface area contributed by atoms with Gasteiger partial charge in [0.1, 0.15) is 22.3 Å². The Balaban J connectivity index is 0.795. The van der Waals surface area contributed by atoms with E-state index in [0.717, 1.165) is 55.3 Å². The van der Waals surface area contributed by atoms with Gasteiger partial charge in [-0.05, 0) is 146 Å². The lowest BCUT2D eigenvalue weighted by Crippen LogP contribution is -2.18. The van der Waals surface area contributed by atoms with E-state index in [1.54, 1.807) is 0 Å². The van der Waals surface area contributed by atoms with Gasteiger partial charge in [0.25, 0.3) is 0 Å². The minimum absolute atomic E-state index is 0.0961. The van der Waals surface area contributed by atoms with E-state index in [9.17, 15) is 0 Å². The van der Waals surface area contributed by atoms with Crippen molar-refractivity contribution in [2.75, 3.05) is 0 Å². The van der Waals surface area contributed by atoms with Crippen molar-refractivity contribution in [2.24, 2.45) is 0 Å². The molecule has 0 N–H and O–H groups in total. The lowest BCUT2D eigenvalue weighted by Gasteiger charge is -2.25. The van der Waals surface area contributed by atoms with Crippen LogP contribution < -0.4 is 0 Å². The number of fused-ring (bicyclic) bond motifs is 20. The Kier molecular flexibility index (Phi) is 8.12. The van der Waals surface area contributed by atoms with Crippen molar-refractivity contribution in [3.05, 3.63) is 241 Å². The first-order chi connectivity index (χ1) is 37.2. The van der Waals surface area contributed by atoms with E-state index in [-0.39, 0.29) is 10.8 Å². The normalized spacial score (nSPS) is 14.3. The largest absolute Gasteiger partial charge is 0.456 e. The first-order valence-electron chi connectivity index (χ1n) is 26.6. The van der Waals surface area contributed by atoms with Crippen molar-refractivity contribution in [1.29, 1.82) is 0 Å². The smallest absolute Gasteiger partial charge is 0.136 e. The molecule has 358 valence electrons. The Labute approximate surface area is 438 Å². The van der Waals surface area contributed by atoms with Crippen molar-refractivity contribution in [2.45, 2.75) is 38.5 Å². The average Bonchev–Trinajstić information content (AvgIpc) is 4.29. The monoisotopic (exact) mass is 972 g/mol. The third kappa shape index (κ3) is 5.37. The number of nitrogens with zero attached hydrogens (tertiary/aromatic N) is 2. The second-order valence-corrected chi connectivity index (χ2v) is 22.3. The topological polar surface area (TPSA) is 36.1 Å². The molecule has 0 saturated carbocycles. The first-order valence-corrected chi connectivity index (χ1v) is 26.6. The maximum atomic E-state index is 6.74. The minimum Gasteiger partial charge on any atom is -0.456 e. The van der Waals surface area contributed by atoms with Crippen LogP contribution in [0.1, 0.15) is 49.9 Å². The standard InChI is InChI=1S/C72H48N2O2/c1-71(2)54-22-9-5-15-46(54)47-20-13-19-45(69(47)71)41-27-31-44(32-28-41)73-56-23-10-6-16-49(56)65-58(73)34-37-64-68(65)53-40-43(30-36-62(53)76-64)42-29-33-55-52(39-42)48-21-14-25-60(70(48)72(55,3)4)74-57-24-11-7-17-50(57)66-59(74)35-38-63-67(66)51-18-8-12-26-61(51)75-63/h5-40H,1-4H3. The first kappa shape index (κ1) is 42.0. The number of benzene rings is 11. The molecule has 2 aliphatic carbocycles. The van der Waals surface area contributed by atoms with E-state index < -0.39 is 0 Å². The molecule has 0 spiro atoms. The van der Waals surface area contributed by atoms with Crippen LogP contribution in [-0.4, -0.2) is 9.13 Å². The number of rotatable bonds is 4. The number of furan rings is 2. The van der Waals surface area contributed by atoms with Crippen LogP contribution in [0.4, 0.5) is 0 Å². The van der Waals surface area contributed by atoms with Gasteiger partial charge in [-0.1, -0.05) is 167 Å². The van der Waals surface area contributed by atoms with E-state index in [1.165, 1.54) is 110 Å². The second-order valence-electron chi connectivity index (χ2n) is 22.3. The Morgan fingerprint density at radius 1 is 0.303 bits per heavy atom. The van der Waals surface area contributed by atoms with Gasteiger partial charge in [0.15, 0.2) is 0 Å². The van der Waals surface area contributed by atoms with Crippen LogP contribution in [0.25, 0.3) is 143 Å². The second kappa shape index (κ2) is 14.7. The van der Waals surface area contributed by atoms with Crippen LogP contribution in [0.3, 0.4) is 0 Å². The molecular weight excluding hydrogens is 925 g/mol. The van der Waals surface area contributed by atoms with E-state index in [0.29, 0.717) is 0 Å². The molecule has 4 aromatic heterocycles. The highest BCUT2D eigenvalue weighted by Crippen LogP contribution is 2.55. The molecule has 76 heavy (non-hydrogen) atoms. The zero-order chi connectivity index (χ0) is 50.3. The van der Waals surface area contributed by atoms with Crippen LogP contribution in [0, 0.1) is 0 Å². The summed E-state index contributed by atoms with van der Waals surface area (Å²) in [6.45, 7) is 9.52. The molecule has 0 aliphatic heterocycles. The lowest BCUT2D eigenvalue weighted by molar-refractivity contribution is 0.656. The van der Waals surface area contributed by atoms with Gasteiger partial charge in [-0.15, -0.1) is 0 Å². The van der Waals surface area contributed by atoms with Gasteiger partial charge in [-0.25, -0.2) is 0 Å². The summed E-state index contributed by atoms with van der Waals surface area (Å²) in [5, 5.41) is 9.44. The molecular formula is C72H48N2O2. The van der Waals surface area contributed by atoms with Crippen molar-refractivity contribution in [1.82, 2.24) is 9.13 Å². The van der Waals surface area contributed by atoms with Crippen molar-refractivity contribution in [3.8, 4) is 55.9 Å². The molecule has 17 rings (SSSR count). The molecule has 4 heteroatoms. The van der Waals surface area contributed by atoms with E-state index in [1.807, 2.05) is 0 Å². The molecule has 0 atom stereocenters. The zero-order valence-corrected chi connectivity index (χ0v) is 42.5. The molecule has 0 fully saturated rings. The number of aromatic nitrogens is 2. The molecule has 11 aromatic carbocycles. The predicted octanol–water partition coefficient (Wildman–Crippen LogP) is 19.6. The third-order valence-corrected chi connectivity index (χ3v) is 17.7. The molecule has 0 saturated heterocycles. The molecule has 0 unspecified atom stereocenters. The van der Waals surface area contributed by atoms with Gasteiger partial charge in [-0.3, -0.25) is 0 Å². The number of para-hydroxylation sites is 3. The fraction of sp³-hybridized carbons (Fsp3) is 0.0833. The summed E-state index contributed by atoms with van der Waals surface area (Å²) in [5.41, 5.74) is 25.8. The Morgan fingerprint density at radius 2 is 0.816 bits per heavy atom. The van der Waals surface area contributed by atoms with E-state index in [2.05, 4.69) is 255 Å². The van der Waals surface area contributed by atoms with E-state index >= 15 is 0 Å². The summed E-state index contributed by atoms with van der Waals surface area (Å²) in [7, 11) is 0. The lowest BCUT2D eigenvalue weighted by atomic mass is 9.79. The third-order valence-electron chi connectivity index (χ3n) is 17.7. The number of hydrogen-bond acceptors (Lipinski definition) is 2. The van der Waals surface area contributed by atoms with Crippen molar-refractivity contribution in [3.63, 3.8) is 0 Å². The van der Waals surface area contributed by atoms with Crippen LogP contribution in [0.5, 0.6) is 0 Å². The summed E-state index contributed by atoms with van der Waals surface area (Å²) in [5.74, 6) is 0. The van der Waals surface area contributed by atoms with Crippen LogP contribution in [0.2, 0.25) is 0 Å². The van der Waals surface area contributed by atoms with Crippen LogP contribution in [-0.2, 0) is 10.8 Å². The van der Waals surface area contributed by atoms with Gasteiger partial charge in [0.05, 0.1) is 27.8 Å². The van der Waals surface area contributed by atoms with Crippen molar-refractivity contribution < 1.29 is 8.83 Å². The van der Waals surface area contributed by atoms with Crippen LogP contribution in [0.15, 0.2) is 227 Å². The SMILES string of the molecule is CC1(C)c2ccccc2-c2cccc(-c3ccc(-n4c5ccccc5c5c6c(ccc54)oc4ccc(-c5ccc7c(c5)-c5cccc(-n8c9ccccc9c9c%10c(ccc98)oc8ccccc8%10)c5C7(C)C)cc46)cc3)c21. The fourth-order valence-electron chi connectivity index (χ4n) is 14.4. The molecule has 0 bridgehead atoms. The van der Waals surface area contributed by atoms with Gasteiger partial charge in [0, 0.05) is 59.6 Å². The van der Waals surface area contributed by atoms with Crippen molar-refractivity contribution >= 4 is 87.5 Å². The summed E-state index contributed by atoms with van der Waals surface area (Å²) in [6, 6.07) is 80.6. The summed E-state index contributed by atoms with van der Waals surface area (Å²) in [6.07, 6.45) is 0. The highest BCUT2D eigenvalue weighted by molar-refractivity contribution is 6.29. The fourth-order valence-corrected chi connectivity index (χ4v) is 14.4. The Morgan fingerprint density at radius 3 is 1.58 bits per heavy atom. The van der Waals surface area contributed by atoms with Gasteiger partial charge < -0.3 is 18.0 Å². The number of hydrogen-bond donors (Lipinski definition) is 0. The molecule has 0 amide bonds. The summed E-state index contributed by atoms with van der Waals surface area (Å²) < 4.78 is 18.1. The summed E-state index contributed by atoms with van der Waals surface area (Å²) in [4.78, 5) is 0. The van der Waals surface area contributed by atoms with Gasteiger partial charge in [-0.2, -0.15) is 0 Å². The zero-order valence-electron chi connectivity index (χ0n) is 42.5. The highest BCUT2D eigenvalue weighted by atomic mass is 16.3. The summed E-state index contributed by atoms with van der Waals surface area (Å²) >= 11 is 0. The predicted molar refractivity (Wildman–Crippen MR) is 316 cm³/mol. The van der Waals surface area contributed by atoms with Crippen LogP contribution >= 0.6 is 0 Å². The van der Waals surface area contributed by atoms with Gasteiger partial charge >= 0.3 is 0 Å². The Hall–Kier alpha value is -9.38. The molecule has 4 nitrogen and oxygen atoms in total. The molecule has 15 aromatic rings. The molecule has 0 radical (unpaired) electrons. The van der Waals surface area contributed by atoms with Gasteiger partial charge in [0.2, 0.25) is 0 Å². The molecule has 2 aliphatic rings. The maximum Gasteiger partial charge on any atom is 0.136 e. The average molecular weight is 973 g/mol. The quantitative estimate of drug-likeness (QED) is 0.176. The van der Waals surface area contributed by atoms with E-state index in [4.69, 9.17) is 8.83 Å². The highest BCUT2D eigenvalue weighted by Gasteiger charge is 2.40.